The number of benzene rings is 2. The van der Waals surface area contributed by atoms with Gasteiger partial charge in [0.25, 0.3) is 0 Å². The number of nitrogens with one attached hydrogen (secondary N) is 3. The van der Waals surface area contributed by atoms with Crippen LogP contribution in [0.1, 0.15) is 11.1 Å². The molecule has 3 aromatic rings. The summed E-state index contributed by atoms with van der Waals surface area (Å²) in [6.45, 7) is 4.32. The number of hydrogen-bond donors (Lipinski definition) is 3. The molecule has 0 amide bonds. The van der Waals surface area contributed by atoms with Crippen LogP contribution in [0.2, 0.25) is 0 Å². The number of anilines is 1. The largest absolute Gasteiger partial charge is 0.380 e. The molecule has 3 rings (SSSR count). The SMILES string of the molecule is C=CC(=N)/C(=N\NC)c1ccccc1NCc1ccc(-n2c#ccn2)cc1. The molecule has 0 aliphatic carbocycles. The van der Waals surface area contributed by atoms with Crippen LogP contribution >= 0.6 is 0 Å². The fourth-order valence-corrected chi connectivity index (χ4v) is 2.61. The number of hydrogen-bond acceptors (Lipinski definition) is 5. The van der Waals surface area contributed by atoms with Crippen molar-refractivity contribution in [3.05, 3.63) is 90.8 Å². The van der Waals surface area contributed by atoms with Gasteiger partial charge in [0.1, 0.15) is 11.9 Å². The molecule has 0 saturated heterocycles. The molecule has 6 heteroatoms. The number of para-hydroxylation sites is 1. The van der Waals surface area contributed by atoms with Crippen molar-refractivity contribution in [2.45, 2.75) is 6.54 Å². The first-order valence-corrected chi connectivity index (χ1v) is 8.44. The van der Waals surface area contributed by atoms with Crippen LogP contribution in [0.15, 0.2) is 72.5 Å². The Kier molecular flexibility index (Phi) is 5.65. The fourth-order valence-electron chi connectivity index (χ4n) is 2.61. The van der Waals surface area contributed by atoms with E-state index in [9.17, 15) is 0 Å². The minimum atomic E-state index is 0.259. The fraction of sp³-hybridized carbons (Fsp3) is 0.0952. The van der Waals surface area contributed by atoms with Crippen molar-refractivity contribution >= 4 is 17.1 Å². The standard InChI is InChI=1S/C21H20N6/c1-3-19(22)21(26-23-2)18-7-4-5-8-20(18)24-15-16-9-11-17(12-10-16)27-14-6-13-25-27/h3-5,7-13,22-24H,1,15H2,2H3/b22-19?,26-21-. The van der Waals surface area contributed by atoms with Crippen molar-refractivity contribution in [3.63, 3.8) is 0 Å². The first-order valence-electron chi connectivity index (χ1n) is 8.44. The lowest BCUT2D eigenvalue weighted by Gasteiger charge is -2.14. The van der Waals surface area contributed by atoms with Crippen LogP contribution in [0.3, 0.4) is 0 Å². The maximum Gasteiger partial charge on any atom is 0.117 e. The maximum atomic E-state index is 8.09. The van der Waals surface area contributed by atoms with Gasteiger partial charge in [0, 0.05) is 31.0 Å². The minimum absolute atomic E-state index is 0.259. The van der Waals surface area contributed by atoms with Crippen LogP contribution in [-0.4, -0.2) is 28.3 Å². The van der Waals surface area contributed by atoms with Crippen LogP contribution < -0.4 is 10.7 Å². The Labute approximate surface area is 158 Å². The van der Waals surface area contributed by atoms with E-state index < -0.39 is 0 Å². The lowest BCUT2D eigenvalue weighted by atomic mass is 10.0. The summed E-state index contributed by atoms with van der Waals surface area (Å²) in [4.78, 5) is 0. The molecule has 3 N–H and O–H groups in total. The maximum absolute atomic E-state index is 8.09. The third-order valence-electron chi connectivity index (χ3n) is 3.94. The smallest absolute Gasteiger partial charge is 0.117 e. The summed E-state index contributed by atoms with van der Waals surface area (Å²) in [6.07, 6.45) is 5.96. The molecule has 1 heterocycles. The van der Waals surface area contributed by atoms with Gasteiger partial charge in [0.2, 0.25) is 0 Å². The Hall–Kier alpha value is -3.85. The molecule has 1 aromatic heterocycles. The van der Waals surface area contributed by atoms with E-state index in [1.54, 1.807) is 17.9 Å². The summed E-state index contributed by atoms with van der Waals surface area (Å²) in [5.74, 6) is 0. The molecule has 0 unspecified atom stereocenters. The molecule has 0 fully saturated rings. The molecule has 0 radical (unpaired) electrons. The first kappa shape index (κ1) is 18.0. The van der Waals surface area contributed by atoms with Gasteiger partial charge < -0.3 is 10.7 Å². The van der Waals surface area contributed by atoms with E-state index in [1.165, 1.54) is 6.08 Å². The predicted octanol–water partition coefficient (Wildman–Crippen LogP) is 3.21. The van der Waals surface area contributed by atoms with Gasteiger partial charge in [-0.05, 0) is 35.9 Å². The van der Waals surface area contributed by atoms with Gasteiger partial charge in [-0.25, -0.2) is 0 Å². The van der Waals surface area contributed by atoms with Crippen molar-refractivity contribution in [3.8, 4) is 5.69 Å². The van der Waals surface area contributed by atoms with Crippen molar-refractivity contribution in [2.75, 3.05) is 12.4 Å². The Balaban J connectivity index is 1.77. The average Bonchev–Trinajstić information content (AvgIpc) is 3.25. The summed E-state index contributed by atoms with van der Waals surface area (Å²) >= 11 is 0. The van der Waals surface area contributed by atoms with E-state index in [0.717, 1.165) is 22.5 Å². The van der Waals surface area contributed by atoms with E-state index in [2.05, 4.69) is 39.8 Å². The van der Waals surface area contributed by atoms with Gasteiger partial charge in [-0.3, -0.25) is 5.41 Å². The van der Waals surface area contributed by atoms with Crippen molar-refractivity contribution in [2.24, 2.45) is 5.10 Å². The highest BCUT2D eigenvalue weighted by Gasteiger charge is 2.12. The Bertz CT molecular complexity index is 939. The number of aromatic nitrogens is 2. The topological polar surface area (TPSA) is 78.1 Å². The normalized spacial score (nSPS) is 10.8. The van der Waals surface area contributed by atoms with Gasteiger partial charge in [-0.15, -0.1) is 0 Å². The number of hydrazone groups is 1. The van der Waals surface area contributed by atoms with E-state index >= 15 is 0 Å². The average molecular weight is 356 g/mol. The van der Waals surface area contributed by atoms with Gasteiger partial charge in [-0.1, -0.05) is 36.9 Å². The molecule has 0 atom stereocenters. The summed E-state index contributed by atoms with van der Waals surface area (Å²) < 4.78 is 1.65. The van der Waals surface area contributed by atoms with Crippen LogP contribution in [0.5, 0.6) is 0 Å². The summed E-state index contributed by atoms with van der Waals surface area (Å²) in [5, 5.41) is 19.9. The third kappa shape index (κ3) is 4.22. The molecule has 2 aromatic carbocycles. The van der Waals surface area contributed by atoms with Crippen LogP contribution in [-0.2, 0) is 6.54 Å². The number of rotatable bonds is 8. The Morgan fingerprint density at radius 3 is 2.70 bits per heavy atom. The van der Waals surface area contributed by atoms with Gasteiger partial charge in [0.15, 0.2) is 0 Å². The van der Waals surface area contributed by atoms with Crippen molar-refractivity contribution in [1.82, 2.24) is 15.2 Å². The molecule has 6 nitrogen and oxygen atoms in total. The molecule has 0 aliphatic rings. The zero-order valence-corrected chi connectivity index (χ0v) is 15.0. The lowest BCUT2D eigenvalue weighted by molar-refractivity contribution is 0.874. The second kappa shape index (κ2) is 8.50. The zero-order chi connectivity index (χ0) is 19.1. The molecule has 0 bridgehead atoms. The molecule has 134 valence electrons. The molecular formula is C21H20N6. The monoisotopic (exact) mass is 356 g/mol. The van der Waals surface area contributed by atoms with Gasteiger partial charge >= 0.3 is 0 Å². The van der Waals surface area contributed by atoms with E-state index in [0.29, 0.717) is 12.3 Å². The first-order chi connectivity index (χ1) is 13.2. The van der Waals surface area contributed by atoms with Gasteiger partial charge in [0.05, 0.1) is 11.4 Å². The van der Waals surface area contributed by atoms with E-state index in [4.69, 9.17) is 5.41 Å². The number of nitrogens with zero attached hydrogens (tertiary/aromatic N) is 3. The molecule has 0 spiro atoms. The highest BCUT2D eigenvalue weighted by Crippen LogP contribution is 2.18. The summed E-state index contributed by atoms with van der Waals surface area (Å²) in [6, 6.07) is 18.6. The number of allylic oxidation sites excluding steroid dienone is 1. The molecular weight excluding hydrogens is 336 g/mol. The highest BCUT2D eigenvalue weighted by molar-refractivity contribution is 6.51. The van der Waals surface area contributed by atoms with Gasteiger partial charge in [-0.2, -0.15) is 14.9 Å². The highest BCUT2D eigenvalue weighted by atomic mass is 15.3. The molecule has 27 heavy (non-hydrogen) atoms. The van der Waals surface area contributed by atoms with Crippen LogP contribution in [0, 0.1) is 17.7 Å². The molecule has 0 aliphatic heterocycles. The quantitative estimate of drug-likeness (QED) is 0.428. The Morgan fingerprint density at radius 2 is 2.04 bits per heavy atom. The Morgan fingerprint density at radius 1 is 1.26 bits per heavy atom. The third-order valence-corrected chi connectivity index (χ3v) is 3.94. The van der Waals surface area contributed by atoms with Crippen LogP contribution in [0.25, 0.3) is 5.69 Å². The summed E-state index contributed by atoms with van der Waals surface area (Å²) in [7, 11) is 1.71. The van der Waals surface area contributed by atoms with E-state index in [1.807, 2.05) is 48.5 Å². The van der Waals surface area contributed by atoms with Crippen molar-refractivity contribution < 1.29 is 0 Å². The van der Waals surface area contributed by atoms with Crippen LogP contribution in [0.4, 0.5) is 5.69 Å². The predicted molar refractivity (Wildman–Crippen MR) is 109 cm³/mol. The summed E-state index contributed by atoms with van der Waals surface area (Å²) in [5.41, 5.74) is 7.36. The zero-order valence-electron chi connectivity index (χ0n) is 15.0. The second-order valence-corrected chi connectivity index (χ2v) is 5.68. The second-order valence-electron chi connectivity index (χ2n) is 5.68. The lowest BCUT2D eigenvalue weighted by Crippen LogP contribution is -2.18. The minimum Gasteiger partial charge on any atom is -0.380 e. The molecule has 0 saturated carbocycles. The van der Waals surface area contributed by atoms with Crippen molar-refractivity contribution in [1.29, 1.82) is 5.41 Å². The van der Waals surface area contributed by atoms with E-state index in [-0.39, 0.29) is 5.71 Å².